The first-order chi connectivity index (χ1) is 16.8. The summed E-state index contributed by atoms with van der Waals surface area (Å²) in [7, 11) is 0. The van der Waals surface area contributed by atoms with Crippen molar-refractivity contribution in [1.82, 2.24) is 4.98 Å². The number of esters is 1. The molecule has 0 unspecified atom stereocenters. The van der Waals surface area contributed by atoms with Gasteiger partial charge >= 0.3 is 5.97 Å². The minimum Gasteiger partial charge on any atom is -0.455 e. The maximum absolute atomic E-state index is 15.3. The molecule has 0 aromatic carbocycles. The first-order valence-corrected chi connectivity index (χ1v) is 13.7. The lowest BCUT2D eigenvalue weighted by Gasteiger charge is -2.35. The number of aliphatic hydroxyl groups excluding tert-OH is 2. The largest absolute Gasteiger partial charge is 0.455 e. The zero-order chi connectivity index (χ0) is 26.8. The number of rotatable bonds is 3. The maximum atomic E-state index is 15.3. The number of fused-ring (bicyclic) bond motifs is 1. The number of Topliss-reactive ketones (excluding diaryl/α,β-unsaturated/α-hetero) is 1. The van der Waals surface area contributed by atoms with Crippen LogP contribution in [0.15, 0.2) is 11.2 Å². The first-order valence-electron chi connectivity index (χ1n) is 12.9. The molecule has 0 aliphatic carbocycles. The van der Waals surface area contributed by atoms with Crippen LogP contribution in [0.1, 0.15) is 83.8 Å². The second-order valence-electron chi connectivity index (χ2n) is 11.1. The Morgan fingerprint density at radius 2 is 2.00 bits per heavy atom. The molecule has 2 aliphatic rings. The molecule has 2 fully saturated rings. The van der Waals surface area contributed by atoms with Gasteiger partial charge in [0.05, 0.1) is 46.5 Å². The normalized spacial score (nSPS) is 36.8. The van der Waals surface area contributed by atoms with E-state index >= 15 is 4.39 Å². The van der Waals surface area contributed by atoms with Gasteiger partial charge in [0.25, 0.3) is 0 Å². The lowest BCUT2D eigenvalue weighted by molar-refractivity contribution is -0.155. The van der Waals surface area contributed by atoms with Crippen LogP contribution in [-0.4, -0.2) is 57.0 Å². The summed E-state index contributed by atoms with van der Waals surface area (Å²) in [5, 5.41) is 24.4. The van der Waals surface area contributed by atoms with Crippen molar-refractivity contribution in [2.45, 2.75) is 110 Å². The van der Waals surface area contributed by atoms with Crippen LogP contribution in [0.5, 0.6) is 0 Å². The summed E-state index contributed by atoms with van der Waals surface area (Å²) < 4.78 is 26.7. The third kappa shape index (κ3) is 6.60. The molecule has 0 amide bonds. The number of carbonyl (C=O) groups excluding carboxylic acids is 2. The van der Waals surface area contributed by atoms with Gasteiger partial charge in [-0.2, -0.15) is 0 Å². The molecule has 9 heteroatoms. The summed E-state index contributed by atoms with van der Waals surface area (Å²) in [6.45, 7) is 10.7. The summed E-state index contributed by atoms with van der Waals surface area (Å²) in [4.78, 5) is 30.5. The van der Waals surface area contributed by atoms with Gasteiger partial charge in [-0.3, -0.25) is 9.59 Å². The van der Waals surface area contributed by atoms with Crippen LogP contribution < -0.4 is 0 Å². The van der Waals surface area contributed by atoms with E-state index in [9.17, 15) is 19.8 Å². The van der Waals surface area contributed by atoms with E-state index in [4.69, 9.17) is 9.47 Å². The molecule has 0 saturated carbocycles. The average Bonchev–Trinajstić information content (AvgIpc) is 3.24. The molecule has 3 rings (SSSR count). The fourth-order valence-electron chi connectivity index (χ4n) is 5.09. The second-order valence-corrected chi connectivity index (χ2v) is 12.2. The Labute approximate surface area is 217 Å². The first kappa shape index (κ1) is 28.9. The van der Waals surface area contributed by atoms with Crippen LogP contribution in [0.4, 0.5) is 4.39 Å². The highest BCUT2D eigenvalue weighted by molar-refractivity contribution is 7.09. The number of cyclic esters (lactones) is 1. The molecule has 7 atom stereocenters. The minimum atomic E-state index is -1.35. The predicted octanol–water partition coefficient (Wildman–Crippen LogP) is 4.77. The number of halogens is 1. The van der Waals surface area contributed by atoms with E-state index in [-0.39, 0.29) is 24.2 Å². The number of aromatic nitrogens is 1. The average molecular weight is 526 g/mol. The number of thiazole rings is 1. The van der Waals surface area contributed by atoms with Crippen LogP contribution in [0.25, 0.3) is 6.08 Å². The highest BCUT2D eigenvalue weighted by atomic mass is 32.1. The summed E-state index contributed by atoms with van der Waals surface area (Å²) in [5.74, 6) is -2.53. The monoisotopic (exact) mass is 525 g/mol. The maximum Gasteiger partial charge on any atom is 0.309 e. The summed E-state index contributed by atoms with van der Waals surface area (Å²) >= 11 is 1.39. The van der Waals surface area contributed by atoms with Gasteiger partial charge in [0.2, 0.25) is 0 Å². The van der Waals surface area contributed by atoms with Crippen molar-refractivity contribution >= 4 is 29.2 Å². The molecule has 1 aromatic heterocycles. The highest BCUT2D eigenvalue weighted by Gasteiger charge is 2.53. The molecule has 0 spiro atoms. The van der Waals surface area contributed by atoms with Gasteiger partial charge < -0.3 is 19.7 Å². The van der Waals surface area contributed by atoms with E-state index in [0.717, 1.165) is 11.4 Å². The van der Waals surface area contributed by atoms with Gasteiger partial charge in [0.1, 0.15) is 11.6 Å². The number of carbonyl (C=O) groups is 2. The van der Waals surface area contributed by atoms with Gasteiger partial charge in [-0.25, -0.2) is 9.37 Å². The van der Waals surface area contributed by atoms with Crippen LogP contribution in [0, 0.1) is 24.2 Å². The second kappa shape index (κ2) is 11.4. The molecule has 2 N–H and O–H groups in total. The van der Waals surface area contributed by atoms with Crippen molar-refractivity contribution in [3.63, 3.8) is 0 Å². The number of epoxide rings is 1. The van der Waals surface area contributed by atoms with Gasteiger partial charge in [-0.05, 0) is 45.1 Å². The van der Waals surface area contributed by atoms with E-state index in [0.29, 0.717) is 25.0 Å². The van der Waals surface area contributed by atoms with Crippen molar-refractivity contribution in [3.8, 4) is 0 Å². The number of aryl methyl sites for hydroxylation is 1. The lowest BCUT2D eigenvalue weighted by atomic mass is 9.71. The summed E-state index contributed by atoms with van der Waals surface area (Å²) in [5.41, 5.74) is -1.31. The number of nitrogens with zero attached hydrogens (tertiary/aromatic N) is 1. The van der Waals surface area contributed by atoms with Crippen LogP contribution >= 0.6 is 11.3 Å². The molecule has 2 saturated heterocycles. The fraction of sp³-hybridized carbons (Fsp3) is 0.741. The SMILES string of the molecule is CC[C@H]1C(=O)C(C)(C)[C@@H](O)CC(=O)O[C@H](/C(F)=C/c2csc(C)n2)C[C@H]2O[C@@]2(C)CCC[C@@H](C)[C@@H]1O. The Morgan fingerprint density at radius 3 is 2.61 bits per heavy atom. The molecule has 2 aliphatic heterocycles. The Morgan fingerprint density at radius 1 is 1.31 bits per heavy atom. The Bertz CT molecular complexity index is 977. The van der Waals surface area contributed by atoms with Crippen molar-refractivity contribution in [2.24, 2.45) is 17.3 Å². The zero-order valence-electron chi connectivity index (χ0n) is 22.1. The molecule has 7 nitrogen and oxygen atoms in total. The quantitative estimate of drug-likeness (QED) is 0.432. The standard InChI is InChI=1S/C27H40FNO6S/c1-7-18-24(32)15(2)9-8-10-27(6)22(35-27)12-20(19(28)11-17-14-36-16(3)29-17)34-23(31)13-21(30)26(4,5)25(18)33/h11,14-15,18,20-22,24,30,32H,7-10,12-13H2,1-6H3/b19-11-/t15-,18-,20+,21+,22-,24+,27+/m1/s1. The Balaban J connectivity index is 1.87. The van der Waals surface area contributed by atoms with Gasteiger partial charge in [-0.15, -0.1) is 11.3 Å². The van der Waals surface area contributed by atoms with Crippen molar-refractivity contribution in [1.29, 1.82) is 0 Å². The molecule has 0 bridgehead atoms. The van der Waals surface area contributed by atoms with Crippen molar-refractivity contribution < 1.29 is 33.7 Å². The lowest BCUT2D eigenvalue weighted by Crippen LogP contribution is -2.46. The minimum absolute atomic E-state index is 0.125. The fourth-order valence-corrected chi connectivity index (χ4v) is 5.66. The van der Waals surface area contributed by atoms with Gasteiger partial charge in [0, 0.05) is 17.7 Å². The molecular weight excluding hydrogens is 485 g/mol. The zero-order valence-corrected chi connectivity index (χ0v) is 22.9. The van der Waals surface area contributed by atoms with Gasteiger partial charge in [0.15, 0.2) is 6.10 Å². The summed E-state index contributed by atoms with van der Waals surface area (Å²) in [6, 6.07) is 0. The topological polar surface area (TPSA) is 109 Å². The third-order valence-electron chi connectivity index (χ3n) is 7.90. The van der Waals surface area contributed by atoms with E-state index in [1.165, 1.54) is 17.4 Å². The smallest absolute Gasteiger partial charge is 0.309 e. The highest BCUT2D eigenvalue weighted by Crippen LogP contribution is 2.45. The molecule has 0 radical (unpaired) electrons. The number of ketones is 1. The van der Waals surface area contributed by atoms with Crippen molar-refractivity contribution in [2.75, 3.05) is 0 Å². The number of hydrogen-bond donors (Lipinski definition) is 2. The molecule has 1 aromatic rings. The molecule has 202 valence electrons. The van der Waals surface area contributed by atoms with E-state index in [1.807, 2.05) is 27.7 Å². The number of ether oxygens (including phenoxy) is 2. The van der Waals surface area contributed by atoms with Crippen LogP contribution in [0.3, 0.4) is 0 Å². The van der Waals surface area contributed by atoms with E-state index in [2.05, 4.69) is 4.98 Å². The Hall–Kier alpha value is -1.68. The van der Waals surface area contributed by atoms with E-state index in [1.54, 1.807) is 19.2 Å². The summed E-state index contributed by atoms with van der Waals surface area (Å²) in [6.07, 6.45) is -0.139. The molecule has 36 heavy (non-hydrogen) atoms. The predicted molar refractivity (Wildman–Crippen MR) is 136 cm³/mol. The van der Waals surface area contributed by atoms with Crippen molar-refractivity contribution in [3.05, 3.63) is 21.9 Å². The Kier molecular flexibility index (Phi) is 9.13. The van der Waals surface area contributed by atoms with Crippen LogP contribution in [-0.2, 0) is 19.1 Å². The molecule has 3 heterocycles. The van der Waals surface area contributed by atoms with Crippen LogP contribution in [0.2, 0.25) is 0 Å². The number of aliphatic hydroxyl groups is 2. The number of hydrogen-bond acceptors (Lipinski definition) is 8. The van der Waals surface area contributed by atoms with Gasteiger partial charge in [-0.1, -0.05) is 34.1 Å². The molecular formula is C27H40FNO6S. The third-order valence-corrected chi connectivity index (χ3v) is 8.69. The van der Waals surface area contributed by atoms with E-state index < -0.39 is 53.5 Å².